The van der Waals surface area contributed by atoms with Gasteiger partial charge in [0.2, 0.25) is 5.79 Å². The van der Waals surface area contributed by atoms with Crippen molar-refractivity contribution in [3.8, 4) is 0 Å². The van der Waals surface area contributed by atoms with Crippen LogP contribution in [0.5, 0.6) is 0 Å². The number of aliphatic hydroxyl groups excluding tert-OH is 2. The zero-order valence-electron chi connectivity index (χ0n) is 15.1. The standard InChI is InChI=1S/C20H26O6/c1-8-9-4-5-10-18-11(21)6-7-17(2,3)12(18)14(23)20(24)19(10,13(8)22)15(9)25-16(18)26-20/h9-12,14-16,21,23-24H,1,4-7H2,2-3H3/t9-,10?,11-,12-,14-,15-,16-,18-,19-,20+/m0/s1. The van der Waals surface area contributed by atoms with Gasteiger partial charge in [-0.25, -0.2) is 0 Å². The molecular formula is C20H26O6. The fourth-order valence-corrected chi connectivity index (χ4v) is 8.38. The smallest absolute Gasteiger partial charge is 0.211 e. The minimum Gasteiger partial charge on any atom is -0.392 e. The molecule has 7 bridgehead atoms. The van der Waals surface area contributed by atoms with Crippen molar-refractivity contribution in [1.29, 1.82) is 0 Å². The van der Waals surface area contributed by atoms with Crippen LogP contribution in [0, 0.1) is 34.0 Å². The Balaban J connectivity index is 1.70. The van der Waals surface area contributed by atoms with Crippen molar-refractivity contribution in [1.82, 2.24) is 0 Å². The van der Waals surface area contributed by atoms with Crippen LogP contribution in [-0.2, 0) is 14.3 Å². The Kier molecular flexibility index (Phi) is 2.57. The Labute approximate surface area is 152 Å². The minimum absolute atomic E-state index is 0.133. The third-order valence-electron chi connectivity index (χ3n) is 9.14. The maximum atomic E-state index is 13.4. The monoisotopic (exact) mass is 362 g/mol. The second kappa shape index (κ2) is 4.13. The molecule has 0 aromatic carbocycles. The lowest BCUT2D eigenvalue weighted by Gasteiger charge is -2.79. The molecule has 4 saturated heterocycles. The summed E-state index contributed by atoms with van der Waals surface area (Å²) in [5.74, 6) is -2.99. The van der Waals surface area contributed by atoms with Crippen LogP contribution < -0.4 is 0 Å². The Hall–Kier alpha value is -0.790. The van der Waals surface area contributed by atoms with Gasteiger partial charge in [0.15, 0.2) is 12.1 Å². The summed E-state index contributed by atoms with van der Waals surface area (Å²) in [4.78, 5) is 13.4. The van der Waals surface area contributed by atoms with Gasteiger partial charge in [0.05, 0.1) is 17.6 Å². The summed E-state index contributed by atoms with van der Waals surface area (Å²) in [6.45, 7) is 8.14. The Morgan fingerprint density at radius 3 is 2.65 bits per heavy atom. The Morgan fingerprint density at radius 2 is 1.92 bits per heavy atom. The number of Topliss-reactive ketones (excluding diaryl/α,β-unsaturated/α-hetero) is 1. The van der Waals surface area contributed by atoms with Gasteiger partial charge < -0.3 is 24.8 Å². The van der Waals surface area contributed by atoms with E-state index in [0.717, 1.165) is 12.8 Å². The number of rotatable bonds is 0. The van der Waals surface area contributed by atoms with E-state index in [-0.39, 0.29) is 23.0 Å². The van der Waals surface area contributed by atoms with Crippen molar-refractivity contribution < 1.29 is 29.6 Å². The molecule has 0 radical (unpaired) electrons. The van der Waals surface area contributed by atoms with E-state index < -0.39 is 47.1 Å². The first kappa shape index (κ1) is 16.2. The van der Waals surface area contributed by atoms with Crippen LogP contribution in [0.2, 0.25) is 0 Å². The fourth-order valence-electron chi connectivity index (χ4n) is 8.38. The highest BCUT2D eigenvalue weighted by molar-refractivity contribution is 6.05. The second-order valence-corrected chi connectivity index (χ2v) is 10.1. The molecule has 4 aliphatic carbocycles. The molecule has 0 aromatic rings. The number of carbonyl (C=O) groups excluding carboxylic acids is 1. The quantitative estimate of drug-likeness (QED) is 0.550. The first-order valence-corrected chi connectivity index (χ1v) is 9.80. The first-order valence-electron chi connectivity index (χ1n) is 9.80. The number of ketones is 1. The second-order valence-electron chi connectivity index (χ2n) is 10.1. The van der Waals surface area contributed by atoms with E-state index in [0.29, 0.717) is 18.4 Å². The largest absolute Gasteiger partial charge is 0.392 e. The predicted octanol–water partition coefficient (Wildman–Crippen LogP) is 0.740. The van der Waals surface area contributed by atoms with Crippen LogP contribution in [0.1, 0.15) is 39.5 Å². The van der Waals surface area contributed by atoms with Gasteiger partial charge in [0.25, 0.3) is 0 Å². The molecular weight excluding hydrogens is 336 g/mol. The average molecular weight is 362 g/mol. The zero-order chi connectivity index (χ0) is 18.4. The van der Waals surface area contributed by atoms with Gasteiger partial charge in [-0.3, -0.25) is 4.79 Å². The maximum absolute atomic E-state index is 13.4. The van der Waals surface area contributed by atoms with Gasteiger partial charge in [0, 0.05) is 11.8 Å². The molecule has 3 N–H and O–H groups in total. The lowest BCUT2D eigenvalue weighted by Crippen LogP contribution is -2.91. The summed E-state index contributed by atoms with van der Waals surface area (Å²) in [6, 6.07) is 0. The highest BCUT2D eigenvalue weighted by Crippen LogP contribution is 2.81. The molecule has 8 fully saturated rings. The lowest BCUT2D eigenvalue weighted by atomic mass is 9.34. The molecule has 26 heavy (non-hydrogen) atoms. The minimum atomic E-state index is -1.97. The van der Waals surface area contributed by atoms with E-state index in [4.69, 9.17) is 9.47 Å². The predicted molar refractivity (Wildman–Crippen MR) is 88.4 cm³/mol. The van der Waals surface area contributed by atoms with Crippen LogP contribution in [0.3, 0.4) is 0 Å². The van der Waals surface area contributed by atoms with E-state index >= 15 is 0 Å². The van der Waals surface area contributed by atoms with E-state index in [1.54, 1.807) is 0 Å². The summed E-state index contributed by atoms with van der Waals surface area (Å²) in [5.41, 5.74) is -2.03. The van der Waals surface area contributed by atoms with Crippen molar-refractivity contribution >= 4 is 5.78 Å². The molecule has 6 nitrogen and oxygen atoms in total. The third kappa shape index (κ3) is 1.19. The van der Waals surface area contributed by atoms with Gasteiger partial charge >= 0.3 is 0 Å². The summed E-state index contributed by atoms with van der Waals surface area (Å²) in [7, 11) is 0. The normalized spacial score (nSPS) is 64.0. The molecule has 8 rings (SSSR count). The van der Waals surface area contributed by atoms with Crippen LogP contribution >= 0.6 is 0 Å². The van der Waals surface area contributed by atoms with Crippen molar-refractivity contribution in [2.75, 3.05) is 0 Å². The fraction of sp³-hybridized carbons (Fsp3) is 0.850. The lowest BCUT2D eigenvalue weighted by molar-refractivity contribution is -0.556. The van der Waals surface area contributed by atoms with Crippen molar-refractivity contribution in [2.45, 2.75) is 69.9 Å². The SMILES string of the molecule is C=C1C(=O)[C@@]23C4CC[C@@H]1[C@@H]2O[C@H]1O[C@]3(O)[C@@H](O)[C@H]2C(C)(C)CC[C@H](O)[C@]412. The first-order chi connectivity index (χ1) is 12.1. The van der Waals surface area contributed by atoms with Crippen molar-refractivity contribution in [3.63, 3.8) is 0 Å². The Bertz CT molecular complexity index is 761. The number of hydrogen-bond acceptors (Lipinski definition) is 6. The van der Waals surface area contributed by atoms with Crippen molar-refractivity contribution in [3.05, 3.63) is 12.2 Å². The molecule has 142 valence electrons. The maximum Gasteiger partial charge on any atom is 0.211 e. The molecule has 6 heteroatoms. The van der Waals surface area contributed by atoms with Crippen molar-refractivity contribution in [2.24, 2.45) is 34.0 Å². The molecule has 0 aromatic heterocycles. The molecule has 0 amide bonds. The van der Waals surface area contributed by atoms with Gasteiger partial charge in [-0.1, -0.05) is 20.4 Å². The van der Waals surface area contributed by atoms with Crippen LogP contribution in [-0.4, -0.2) is 51.5 Å². The third-order valence-corrected chi connectivity index (χ3v) is 9.14. The van der Waals surface area contributed by atoms with Crippen LogP contribution in [0.15, 0.2) is 12.2 Å². The van der Waals surface area contributed by atoms with E-state index in [2.05, 4.69) is 20.4 Å². The molecule has 1 unspecified atom stereocenters. The molecule has 2 spiro atoms. The van der Waals surface area contributed by atoms with Crippen LogP contribution in [0.4, 0.5) is 0 Å². The number of carbonyl (C=O) groups is 1. The summed E-state index contributed by atoms with van der Waals surface area (Å²) in [5, 5.41) is 34.3. The average Bonchev–Trinajstić information content (AvgIpc) is 2.71. The molecule has 4 aliphatic heterocycles. The van der Waals surface area contributed by atoms with Crippen LogP contribution in [0.25, 0.3) is 0 Å². The summed E-state index contributed by atoms with van der Waals surface area (Å²) < 4.78 is 12.3. The highest BCUT2D eigenvalue weighted by atomic mass is 16.8. The van der Waals surface area contributed by atoms with E-state index in [9.17, 15) is 20.1 Å². The van der Waals surface area contributed by atoms with Gasteiger partial charge in [0.1, 0.15) is 11.5 Å². The van der Waals surface area contributed by atoms with Gasteiger partial charge in [-0.15, -0.1) is 0 Å². The van der Waals surface area contributed by atoms with E-state index in [1.807, 2.05) is 0 Å². The molecule has 10 atom stereocenters. The molecule has 4 heterocycles. The zero-order valence-corrected chi connectivity index (χ0v) is 15.1. The number of aliphatic hydroxyl groups is 3. The highest BCUT2D eigenvalue weighted by Gasteiger charge is 2.92. The molecule has 8 aliphatic rings. The topological polar surface area (TPSA) is 96.2 Å². The summed E-state index contributed by atoms with van der Waals surface area (Å²) in [6.07, 6.45) is -0.473. The number of hydrogen-bond donors (Lipinski definition) is 3. The Morgan fingerprint density at radius 1 is 1.19 bits per heavy atom. The van der Waals surface area contributed by atoms with Gasteiger partial charge in [-0.2, -0.15) is 0 Å². The molecule has 4 saturated carbocycles. The summed E-state index contributed by atoms with van der Waals surface area (Å²) >= 11 is 0. The van der Waals surface area contributed by atoms with Gasteiger partial charge in [-0.05, 0) is 42.6 Å². The number of ether oxygens (including phenoxy) is 2. The van der Waals surface area contributed by atoms with E-state index in [1.165, 1.54) is 0 Å².